The third-order valence-corrected chi connectivity index (χ3v) is 5.18. The van der Waals surface area contributed by atoms with E-state index in [1.165, 1.54) is 0 Å². The highest BCUT2D eigenvalue weighted by Crippen LogP contribution is 2.23. The lowest BCUT2D eigenvalue weighted by Crippen LogP contribution is -2.32. The summed E-state index contributed by atoms with van der Waals surface area (Å²) < 4.78 is 27.7. The molecule has 102 valence electrons. The first-order valence-electron chi connectivity index (χ1n) is 5.91. The van der Waals surface area contributed by atoms with Gasteiger partial charge in [-0.25, -0.2) is 13.1 Å². The Balaban J connectivity index is 3.04. The highest BCUT2D eigenvalue weighted by atomic mass is 79.9. The molecule has 0 spiro atoms. The molecule has 18 heavy (non-hydrogen) atoms. The molecule has 1 atom stereocenters. The molecule has 0 aliphatic heterocycles. The summed E-state index contributed by atoms with van der Waals surface area (Å²) in [6.07, 6.45) is 1.75. The van der Waals surface area contributed by atoms with Crippen molar-refractivity contribution in [2.75, 3.05) is 0 Å². The molecule has 0 aromatic heterocycles. The fraction of sp³-hybridized carbons (Fsp3) is 0.500. The van der Waals surface area contributed by atoms with E-state index in [0.29, 0.717) is 11.0 Å². The maximum Gasteiger partial charge on any atom is 0.241 e. The van der Waals surface area contributed by atoms with E-state index in [1.54, 1.807) is 18.2 Å². The maximum atomic E-state index is 12.2. The first kappa shape index (κ1) is 15.6. The summed E-state index contributed by atoms with van der Waals surface area (Å²) >= 11 is 3.26. The van der Waals surface area contributed by atoms with Crippen LogP contribution in [0.15, 0.2) is 27.6 Å². The maximum absolute atomic E-state index is 12.2. The van der Waals surface area contributed by atoms with Crippen molar-refractivity contribution in [2.24, 2.45) is 5.73 Å². The van der Waals surface area contributed by atoms with Crippen LogP contribution in [0.3, 0.4) is 0 Å². The molecule has 1 rings (SSSR count). The molecule has 0 aliphatic carbocycles. The lowest BCUT2D eigenvalue weighted by molar-refractivity contribution is 0.543. The summed E-state index contributed by atoms with van der Waals surface area (Å²) in [5.41, 5.74) is 6.32. The SMILES string of the molecule is CCCC(C)NS(=O)(=O)c1cc(CN)ccc1Br. The monoisotopic (exact) mass is 334 g/mol. The first-order valence-corrected chi connectivity index (χ1v) is 8.19. The van der Waals surface area contributed by atoms with Crippen molar-refractivity contribution in [2.45, 2.75) is 44.2 Å². The van der Waals surface area contributed by atoms with E-state index in [1.807, 2.05) is 13.8 Å². The number of sulfonamides is 1. The van der Waals surface area contributed by atoms with Gasteiger partial charge in [-0.05, 0) is 47.0 Å². The molecule has 0 saturated carbocycles. The van der Waals surface area contributed by atoms with Crippen LogP contribution in [-0.2, 0) is 16.6 Å². The van der Waals surface area contributed by atoms with E-state index in [4.69, 9.17) is 5.73 Å². The van der Waals surface area contributed by atoms with Gasteiger partial charge in [-0.1, -0.05) is 19.4 Å². The third kappa shape index (κ3) is 4.05. The average Bonchev–Trinajstić information content (AvgIpc) is 2.29. The minimum absolute atomic E-state index is 0.0755. The van der Waals surface area contributed by atoms with Crippen LogP contribution in [0.2, 0.25) is 0 Å². The van der Waals surface area contributed by atoms with E-state index in [2.05, 4.69) is 20.7 Å². The highest BCUT2D eigenvalue weighted by Gasteiger charge is 2.20. The van der Waals surface area contributed by atoms with Gasteiger partial charge in [-0.3, -0.25) is 0 Å². The number of hydrogen-bond donors (Lipinski definition) is 2. The highest BCUT2D eigenvalue weighted by molar-refractivity contribution is 9.10. The Labute approximate surface area is 117 Å². The molecule has 3 N–H and O–H groups in total. The number of hydrogen-bond acceptors (Lipinski definition) is 3. The molecule has 6 heteroatoms. The molecular formula is C12H19BrN2O2S. The van der Waals surface area contributed by atoms with Crippen LogP contribution in [0.25, 0.3) is 0 Å². The van der Waals surface area contributed by atoms with Crippen LogP contribution >= 0.6 is 15.9 Å². The Kier molecular flexibility index (Phi) is 5.78. The van der Waals surface area contributed by atoms with Gasteiger partial charge >= 0.3 is 0 Å². The molecule has 0 fully saturated rings. The summed E-state index contributed by atoms with van der Waals surface area (Å²) in [7, 11) is -3.50. The molecule has 1 aromatic carbocycles. The van der Waals surface area contributed by atoms with Crippen molar-refractivity contribution >= 4 is 26.0 Å². The second-order valence-electron chi connectivity index (χ2n) is 4.28. The van der Waals surface area contributed by atoms with Gasteiger partial charge in [0.05, 0.1) is 4.90 Å². The fourth-order valence-corrected chi connectivity index (χ4v) is 3.99. The molecule has 0 amide bonds. The minimum Gasteiger partial charge on any atom is -0.326 e. The molecule has 0 saturated heterocycles. The van der Waals surface area contributed by atoms with E-state index < -0.39 is 10.0 Å². The van der Waals surface area contributed by atoms with E-state index in [-0.39, 0.29) is 10.9 Å². The van der Waals surface area contributed by atoms with Crippen molar-refractivity contribution in [1.29, 1.82) is 0 Å². The zero-order chi connectivity index (χ0) is 13.8. The van der Waals surface area contributed by atoms with Crippen molar-refractivity contribution in [3.05, 3.63) is 28.2 Å². The van der Waals surface area contributed by atoms with Crippen molar-refractivity contribution in [3.8, 4) is 0 Å². The van der Waals surface area contributed by atoms with Crippen LogP contribution in [0.1, 0.15) is 32.3 Å². The number of nitrogens with two attached hydrogens (primary N) is 1. The predicted molar refractivity (Wildman–Crippen MR) is 76.7 cm³/mol. The van der Waals surface area contributed by atoms with Gasteiger partial charge in [0.15, 0.2) is 0 Å². The lowest BCUT2D eigenvalue weighted by atomic mass is 10.2. The normalized spacial score (nSPS) is 13.6. The molecule has 0 aliphatic rings. The summed E-state index contributed by atoms with van der Waals surface area (Å²) in [6, 6.07) is 5.04. The van der Waals surface area contributed by atoms with Gasteiger partial charge in [-0.2, -0.15) is 0 Å². The average molecular weight is 335 g/mol. The second-order valence-corrected chi connectivity index (χ2v) is 6.82. The molecule has 0 radical (unpaired) electrons. The number of nitrogens with one attached hydrogen (secondary N) is 1. The molecule has 4 nitrogen and oxygen atoms in total. The third-order valence-electron chi connectivity index (χ3n) is 2.60. The molecule has 1 aromatic rings. The summed E-state index contributed by atoms with van der Waals surface area (Å²) in [5, 5.41) is 0. The standard InChI is InChI=1S/C12H19BrN2O2S/c1-3-4-9(2)15-18(16,17)12-7-10(8-14)5-6-11(12)13/h5-7,9,15H,3-4,8,14H2,1-2H3. The Morgan fingerprint density at radius 1 is 1.44 bits per heavy atom. The molecule has 1 unspecified atom stereocenters. The summed E-state index contributed by atoms with van der Waals surface area (Å²) in [4.78, 5) is 0.244. The quantitative estimate of drug-likeness (QED) is 0.838. The molecule has 0 bridgehead atoms. The Morgan fingerprint density at radius 2 is 2.11 bits per heavy atom. The Morgan fingerprint density at radius 3 is 2.67 bits per heavy atom. The molecular weight excluding hydrogens is 316 g/mol. The summed E-state index contributed by atoms with van der Waals surface area (Å²) in [5.74, 6) is 0. The van der Waals surface area contributed by atoms with Crippen LogP contribution in [0.4, 0.5) is 0 Å². The number of rotatable bonds is 6. The van der Waals surface area contributed by atoms with Crippen LogP contribution in [0.5, 0.6) is 0 Å². The van der Waals surface area contributed by atoms with Gasteiger partial charge < -0.3 is 5.73 Å². The van der Waals surface area contributed by atoms with E-state index in [9.17, 15) is 8.42 Å². The zero-order valence-electron chi connectivity index (χ0n) is 10.6. The second kappa shape index (κ2) is 6.65. The minimum atomic E-state index is -3.50. The topological polar surface area (TPSA) is 72.2 Å². The van der Waals surface area contributed by atoms with E-state index >= 15 is 0 Å². The zero-order valence-corrected chi connectivity index (χ0v) is 13.0. The first-order chi connectivity index (χ1) is 8.40. The Bertz CT molecular complexity index is 503. The van der Waals surface area contributed by atoms with Gasteiger partial charge in [0.25, 0.3) is 0 Å². The lowest BCUT2D eigenvalue weighted by Gasteiger charge is -2.14. The van der Waals surface area contributed by atoms with Gasteiger partial charge in [0.1, 0.15) is 0 Å². The fourth-order valence-electron chi connectivity index (χ4n) is 1.70. The van der Waals surface area contributed by atoms with Gasteiger partial charge in [0, 0.05) is 17.1 Å². The number of halogens is 1. The van der Waals surface area contributed by atoms with Crippen LogP contribution in [0, 0.1) is 0 Å². The predicted octanol–water partition coefficient (Wildman–Crippen LogP) is 2.37. The summed E-state index contributed by atoms with van der Waals surface area (Å²) in [6.45, 7) is 4.21. The van der Waals surface area contributed by atoms with Crippen molar-refractivity contribution in [3.63, 3.8) is 0 Å². The number of benzene rings is 1. The molecule has 0 heterocycles. The largest absolute Gasteiger partial charge is 0.326 e. The van der Waals surface area contributed by atoms with Crippen molar-refractivity contribution < 1.29 is 8.42 Å². The van der Waals surface area contributed by atoms with Crippen LogP contribution < -0.4 is 10.5 Å². The Hall–Kier alpha value is -0.430. The van der Waals surface area contributed by atoms with Crippen LogP contribution in [-0.4, -0.2) is 14.5 Å². The van der Waals surface area contributed by atoms with Gasteiger partial charge in [-0.15, -0.1) is 0 Å². The van der Waals surface area contributed by atoms with Crippen molar-refractivity contribution in [1.82, 2.24) is 4.72 Å². The van der Waals surface area contributed by atoms with Gasteiger partial charge in [0.2, 0.25) is 10.0 Å². The smallest absolute Gasteiger partial charge is 0.241 e. The van der Waals surface area contributed by atoms with E-state index in [0.717, 1.165) is 18.4 Å².